The van der Waals surface area contributed by atoms with Gasteiger partial charge in [0.05, 0.1) is 29.7 Å². The number of para-hydroxylation sites is 2. The fourth-order valence-corrected chi connectivity index (χ4v) is 4.27. The molecule has 0 spiro atoms. The SMILES string of the molecule is C[n+]1c2ccccc2c(NCCCN2CCOCC2)c2oc3ccccc3c21.[I-]. The van der Waals surface area contributed by atoms with Gasteiger partial charge in [0.25, 0.3) is 5.52 Å². The Labute approximate surface area is 187 Å². The third-order valence-electron chi connectivity index (χ3n) is 5.72. The van der Waals surface area contributed by atoms with Gasteiger partial charge in [-0.15, -0.1) is 0 Å². The molecule has 5 rings (SSSR count). The van der Waals surface area contributed by atoms with Crippen molar-refractivity contribution < 1.29 is 37.7 Å². The van der Waals surface area contributed by atoms with Gasteiger partial charge in [0, 0.05) is 25.7 Å². The van der Waals surface area contributed by atoms with E-state index in [9.17, 15) is 0 Å². The summed E-state index contributed by atoms with van der Waals surface area (Å²) in [5.74, 6) is 0. The molecular weight excluding hydrogens is 477 g/mol. The third-order valence-corrected chi connectivity index (χ3v) is 5.72. The van der Waals surface area contributed by atoms with Crippen molar-refractivity contribution in [2.75, 3.05) is 44.7 Å². The lowest BCUT2D eigenvalue weighted by atomic mass is 10.1. The van der Waals surface area contributed by atoms with Gasteiger partial charge in [0.15, 0.2) is 0 Å². The fraction of sp³-hybridized carbons (Fsp3) is 0.348. The number of halogens is 1. The van der Waals surface area contributed by atoms with Crippen molar-refractivity contribution in [1.29, 1.82) is 0 Å². The molecule has 3 heterocycles. The number of nitrogens with one attached hydrogen (secondary N) is 1. The maximum absolute atomic E-state index is 6.31. The van der Waals surface area contributed by atoms with E-state index in [1.54, 1.807) is 0 Å². The van der Waals surface area contributed by atoms with Crippen molar-refractivity contribution in [3.8, 4) is 0 Å². The van der Waals surface area contributed by atoms with Gasteiger partial charge in [0.1, 0.15) is 12.6 Å². The Balaban J connectivity index is 0.00000205. The summed E-state index contributed by atoms with van der Waals surface area (Å²) in [6.45, 7) is 5.80. The number of hydrogen-bond donors (Lipinski definition) is 1. The molecule has 0 amide bonds. The minimum absolute atomic E-state index is 0. The zero-order chi connectivity index (χ0) is 18.9. The molecule has 1 fully saturated rings. The van der Waals surface area contributed by atoms with E-state index >= 15 is 0 Å². The third kappa shape index (κ3) is 3.81. The predicted octanol–water partition coefficient (Wildman–Crippen LogP) is 0.702. The van der Waals surface area contributed by atoms with Crippen LogP contribution in [0.25, 0.3) is 33.0 Å². The molecule has 5 nitrogen and oxygen atoms in total. The highest BCUT2D eigenvalue weighted by Crippen LogP contribution is 2.35. The van der Waals surface area contributed by atoms with Crippen LogP contribution in [-0.4, -0.2) is 44.3 Å². The summed E-state index contributed by atoms with van der Waals surface area (Å²) in [6.07, 6.45) is 1.09. The number of ether oxygens (including phenoxy) is 1. The summed E-state index contributed by atoms with van der Waals surface area (Å²) in [4.78, 5) is 2.48. The van der Waals surface area contributed by atoms with E-state index in [0.29, 0.717) is 0 Å². The van der Waals surface area contributed by atoms with Crippen LogP contribution in [0.1, 0.15) is 6.42 Å². The molecule has 1 aliphatic rings. The highest BCUT2D eigenvalue weighted by molar-refractivity contribution is 6.11. The quantitative estimate of drug-likeness (QED) is 0.248. The van der Waals surface area contributed by atoms with Crippen LogP contribution < -0.4 is 33.9 Å². The maximum Gasteiger partial charge on any atom is 0.261 e. The number of aromatic nitrogens is 1. The first kappa shape index (κ1) is 20.4. The highest BCUT2D eigenvalue weighted by Gasteiger charge is 2.24. The number of furan rings is 1. The van der Waals surface area contributed by atoms with Gasteiger partial charge in [-0.25, -0.2) is 0 Å². The molecule has 152 valence electrons. The van der Waals surface area contributed by atoms with E-state index in [1.165, 1.54) is 10.9 Å². The van der Waals surface area contributed by atoms with Gasteiger partial charge in [-0.1, -0.05) is 24.3 Å². The predicted molar refractivity (Wildman–Crippen MR) is 113 cm³/mol. The number of nitrogens with zero attached hydrogens (tertiary/aromatic N) is 2. The normalized spacial score (nSPS) is 15.1. The van der Waals surface area contributed by atoms with Crippen LogP contribution in [0.15, 0.2) is 52.9 Å². The number of pyridine rings is 1. The lowest BCUT2D eigenvalue weighted by Crippen LogP contribution is -3.00. The van der Waals surface area contributed by atoms with Crippen molar-refractivity contribution in [3.05, 3.63) is 48.5 Å². The molecular formula is C23H26IN3O2. The monoisotopic (exact) mass is 503 g/mol. The molecule has 1 aliphatic heterocycles. The lowest BCUT2D eigenvalue weighted by Gasteiger charge is -2.26. The summed E-state index contributed by atoms with van der Waals surface area (Å²) in [5.41, 5.74) is 5.32. The van der Waals surface area contributed by atoms with Crippen LogP contribution in [0.4, 0.5) is 5.69 Å². The van der Waals surface area contributed by atoms with E-state index in [2.05, 4.69) is 58.2 Å². The Morgan fingerprint density at radius 1 is 1.00 bits per heavy atom. The minimum Gasteiger partial charge on any atom is -1.00 e. The zero-order valence-corrected chi connectivity index (χ0v) is 18.8. The number of anilines is 1. The first-order valence-electron chi connectivity index (χ1n) is 10.1. The second-order valence-electron chi connectivity index (χ2n) is 7.46. The van der Waals surface area contributed by atoms with E-state index < -0.39 is 0 Å². The van der Waals surface area contributed by atoms with Crippen LogP contribution in [-0.2, 0) is 11.8 Å². The Morgan fingerprint density at radius 3 is 2.55 bits per heavy atom. The number of morpholine rings is 1. The first-order chi connectivity index (χ1) is 13.8. The molecule has 29 heavy (non-hydrogen) atoms. The second-order valence-corrected chi connectivity index (χ2v) is 7.46. The molecule has 0 atom stereocenters. The highest BCUT2D eigenvalue weighted by atomic mass is 127. The Bertz CT molecular complexity index is 1140. The number of aryl methyl sites for hydroxylation is 1. The topological polar surface area (TPSA) is 41.5 Å². The molecule has 0 bridgehead atoms. The van der Waals surface area contributed by atoms with Crippen LogP contribution in [0.3, 0.4) is 0 Å². The Hall–Kier alpha value is -1.90. The smallest absolute Gasteiger partial charge is 0.261 e. The minimum atomic E-state index is 0. The van der Waals surface area contributed by atoms with Gasteiger partial charge in [-0.3, -0.25) is 4.90 Å². The molecule has 4 aromatic rings. The molecule has 0 aliphatic carbocycles. The van der Waals surface area contributed by atoms with Crippen molar-refractivity contribution in [2.24, 2.45) is 7.05 Å². The lowest BCUT2D eigenvalue weighted by molar-refractivity contribution is -0.616. The van der Waals surface area contributed by atoms with Crippen molar-refractivity contribution >= 4 is 38.7 Å². The van der Waals surface area contributed by atoms with E-state index in [-0.39, 0.29) is 24.0 Å². The van der Waals surface area contributed by atoms with Crippen LogP contribution in [0, 0.1) is 0 Å². The van der Waals surface area contributed by atoms with Gasteiger partial charge in [0.2, 0.25) is 11.1 Å². The van der Waals surface area contributed by atoms with Gasteiger partial charge in [-0.05, 0) is 31.2 Å². The summed E-state index contributed by atoms with van der Waals surface area (Å²) in [5, 5.41) is 6.05. The molecule has 1 N–H and O–H groups in total. The molecule has 2 aromatic heterocycles. The number of hydrogen-bond acceptors (Lipinski definition) is 4. The standard InChI is InChI=1S/C23H25N3O2.HI/c1-25-19-9-4-2-7-17(19)21(24-11-6-12-26-13-15-27-16-14-26)23-22(25)18-8-3-5-10-20(18)28-23;/h2-5,7-10H,6,11-16H2,1H3;1H. The molecule has 0 unspecified atom stereocenters. The zero-order valence-electron chi connectivity index (χ0n) is 16.7. The van der Waals surface area contributed by atoms with Crippen molar-refractivity contribution in [3.63, 3.8) is 0 Å². The number of benzene rings is 2. The molecule has 6 heteroatoms. The second kappa shape index (κ2) is 8.85. The Morgan fingerprint density at radius 2 is 1.72 bits per heavy atom. The number of rotatable bonds is 5. The summed E-state index contributed by atoms with van der Waals surface area (Å²) in [6, 6.07) is 16.8. The van der Waals surface area contributed by atoms with E-state index in [4.69, 9.17) is 9.15 Å². The van der Waals surface area contributed by atoms with E-state index in [0.717, 1.165) is 73.6 Å². The van der Waals surface area contributed by atoms with Crippen LogP contribution in [0.2, 0.25) is 0 Å². The van der Waals surface area contributed by atoms with Crippen molar-refractivity contribution in [1.82, 2.24) is 4.90 Å². The summed E-state index contributed by atoms with van der Waals surface area (Å²) >= 11 is 0. The summed E-state index contributed by atoms with van der Waals surface area (Å²) < 4.78 is 14.0. The van der Waals surface area contributed by atoms with Crippen molar-refractivity contribution in [2.45, 2.75) is 6.42 Å². The molecule has 1 saturated heterocycles. The molecule has 2 aromatic carbocycles. The van der Waals surface area contributed by atoms with Gasteiger partial charge in [-0.2, -0.15) is 4.57 Å². The van der Waals surface area contributed by atoms with Gasteiger partial charge < -0.3 is 38.4 Å². The van der Waals surface area contributed by atoms with E-state index in [1.807, 2.05) is 12.1 Å². The van der Waals surface area contributed by atoms with Crippen LogP contribution in [0.5, 0.6) is 0 Å². The average Bonchev–Trinajstić information content (AvgIpc) is 3.13. The molecule has 0 saturated carbocycles. The first-order valence-corrected chi connectivity index (χ1v) is 10.1. The maximum atomic E-state index is 6.31. The average molecular weight is 503 g/mol. The molecule has 0 radical (unpaired) electrons. The number of fused-ring (bicyclic) bond motifs is 4. The largest absolute Gasteiger partial charge is 1.00 e. The fourth-order valence-electron chi connectivity index (χ4n) is 4.27. The van der Waals surface area contributed by atoms with Gasteiger partial charge >= 0.3 is 0 Å². The van der Waals surface area contributed by atoms with Crippen LogP contribution >= 0.6 is 0 Å². The summed E-state index contributed by atoms with van der Waals surface area (Å²) in [7, 11) is 2.12. The Kier molecular flexibility index (Phi) is 6.22.